The normalized spacial score (nSPS) is 10.8. The highest BCUT2D eigenvalue weighted by molar-refractivity contribution is 6.31. The summed E-state index contributed by atoms with van der Waals surface area (Å²) in [5.74, 6) is 0.278. The Bertz CT molecular complexity index is 1300. The molecule has 1 amide bonds. The van der Waals surface area contributed by atoms with Crippen molar-refractivity contribution in [3.8, 4) is 17.6 Å². The van der Waals surface area contributed by atoms with Crippen LogP contribution in [0, 0.1) is 28.4 Å². The van der Waals surface area contributed by atoms with Crippen LogP contribution in [0.1, 0.15) is 16.7 Å². The predicted molar refractivity (Wildman–Crippen MR) is 129 cm³/mol. The lowest BCUT2D eigenvalue weighted by Crippen LogP contribution is -2.14. The number of nitro groups is 1. The summed E-state index contributed by atoms with van der Waals surface area (Å²) in [6.07, 6.45) is 1.44. The molecule has 34 heavy (non-hydrogen) atoms. The van der Waals surface area contributed by atoms with Gasteiger partial charge in [0.1, 0.15) is 18.2 Å². The fourth-order valence-electron chi connectivity index (χ4n) is 3.00. The third-order valence-electron chi connectivity index (χ3n) is 4.85. The standard InChI is InChI=1S/C25H20ClN3O5/c1-16-3-7-20(26)13-22(16)28-25(30)19(14-27)11-18-6-10-23(24(12-18)33-2)34-15-17-4-8-21(9-5-17)29(31)32/h3-13H,15H2,1-2H3,(H,28,30)/b19-11+. The highest BCUT2D eigenvalue weighted by Gasteiger charge is 2.13. The molecular formula is C25H20ClN3O5. The van der Waals surface area contributed by atoms with E-state index in [0.29, 0.717) is 27.8 Å². The van der Waals surface area contributed by atoms with E-state index >= 15 is 0 Å². The van der Waals surface area contributed by atoms with Crippen molar-refractivity contribution in [2.45, 2.75) is 13.5 Å². The molecule has 9 heteroatoms. The van der Waals surface area contributed by atoms with E-state index in [9.17, 15) is 20.2 Å². The number of carbonyl (C=O) groups excluding carboxylic acids is 1. The Morgan fingerprint density at radius 1 is 1.15 bits per heavy atom. The molecule has 8 nitrogen and oxygen atoms in total. The van der Waals surface area contributed by atoms with Crippen LogP contribution in [0.3, 0.4) is 0 Å². The quantitative estimate of drug-likeness (QED) is 0.193. The number of carbonyl (C=O) groups is 1. The molecule has 0 saturated carbocycles. The fourth-order valence-corrected chi connectivity index (χ4v) is 3.17. The van der Waals surface area contributed by atoms with Gasteiger partial charge in [-0.05, 0) is 66.1 Å². The molecule has 3 rings (SSSR count). The van der Waals surface area contributed by atoms with Crippen LogP contribution in [0.2, 0.25) is 5.02 Å². The number of nitro benzene ring substituents is 1. The second-order valence-corrected chi connectivity index (χ2v) is 7.64. The van der Waals surface area contributed by atoms with Crippen molar-refractivity contribution in [3.05, 3.63) is 98.1 Å². The average Bonchev–Trinajstić information content (AvgIpc) is 2.83. The minimum absolute atomic E-state index is 0.000303. The number of benzene rings is 3. The lowest BCUT2D eigenvalue weighted by atomic mass is 10.1. The number of aryl methyl sites for hydroxylation is 1. The van der Waals surface area contributed by atoms with Crippen molar-refractivity contribution < 1.29 is 19.2 Å². The zero-order valence-corrected chi connectivity index (χ0v) is 19.1. The lowest BCUT2D eigenvalue weighted by molar-refractivity contribution is -0.384. The Hall–Kier alpha value is -4.35. The van der Waals surface area contributed by atoms with E-state index in [-0.39, 0.29) is 17.9 Å². The maximum atomic E-state index is 12.6. The van der Waals surface area contributed by atoms with Gasteiger partial charge in [-0.25, -0.2) is 0 Å². The van der Waals surface area contributed by atoms with Gasteiger partial charge in [0.2, 0.25) is 0 Å². The maximum absolute atomic E-state index is 12.6. The van der Waals surface area contributed by atoms with E-state index in [1.54, 1.807) is 48.5 Å². The van der Waals surface area contributed by atoms with Crippen LogP contribution in [0.4, 0.5) is 11.4 Å². The number of amides is 1. The van der Waals surface area contributed by atoms with Crippen molar-refractivity contribution in [1.29, 1.82) is 5.26 Å². The number of hydrogen-bond donors (Lipinski definition) is 1. The molecular weight excluding hydrogens is 458 g/mol. The molecule has 1 N–H and O–H groups in total. The van der Waals surface area contributed by atoms with Crippen LogP contribution in [0.5, 0.6) is 11.5 Å². The number of methoxy groups -OCH3 is 1. The molecule has 0 aromatic heterocycles. The third-order valence-corrected chi connectivity index (χ3v) is 5.09. The molecule has 0 atom stereocenters. The van der Waals surface area contributed by atoms with Crippen LogP contribution in [-0.4, -0.2) is 17.9 Å². The van der Waals surface area contributed by atoms with E-state index in [4.69, 9.17) is 21.1 Å². The van der Waals surface area contributed by atoms with Gasteiger partial charge in [0.15, 0.2) is 11.5 Å². The molecule has 0 bridgehead atoms. The number of nitriles is 1. The van der Waals surface area contributed by atoms with Gasteiger partial charge in [0.25, 0.3) is 11.6 Å². The molecule has 0 heterocycles. The summed E-state index contributed by atoms with van der Waals surface area (Å²) in [6.45, 7) is 2.00. The highest BCUT2D eigenvalue weighted by atomic mass is 35.5. The van der Waals surface area contributed by atoms with Crippen molar-refractivity contribution in [1.82, 2.24) is 0 Å². The van der Waals surface area contributed by atoms with Gasteiger partial charge >= 0.3 is 0 Å². The van der Waals surface area contributed by atoms with E-state index in [2.05, 4.69) is 5.32 Å². The second kappa shape index (κ2) is 11.0. The lowest BCUT2D eigenvalue weighted by Gasteiger charge is -2.12. The van der Waals surface area contributed by atoms with Gasteiger partial charge in [-0.3, -0.25) is 14.9 Å². The Morgan fingerprint density at radius 3 is 2.53 bits per heavy atom. The minimum atomic E-state index is -0.565. The molecule has 0 spiro atoms. The van der Waals surface area contributed by atoms with Crippen molar-refractivity contribution in [3.63, 3.8) is 0 Å². The van der Waals surface area contributed by atoms with Gasteiger partial charge < -0.3 is 14.8 Å². The summed E-state index contributed by atoms with van der Waals surface area (Å²) >= 11 is 5.99. The van der Waals surface area contributed by atoms with Crippen molar-refractivity contribution in [2.24, 2.45) is 0 Å². The number of ether oxygens (including phenoxy) is 2. The summed E-state index contributed by atoms with van der Waals surface area (Å²) < 4.78 is 11.2. The van der Waals surface area contributed by atoms with Gasteiger partial charge in [-0.15, -0.1) is 0 Å². The fraction of sp³-hybridized carbons (Fsp3) is 0.120. The van der Waals surface area contributed by atoms with Gasteiger partial charge in [-0.1, -0.05) is 23.7 Å². The summed E-state index contributed by atoms with van der Waals surface area (Å²) in [7, 11) is 1.47. The van der Waals surface area contributed by atoms with Crippen LogP contribution in [0.15, 0.2) is 66.2 Å². The SMILES string of the molecule is COc1cc(/C=C(\C#N)C(=O)Nc2cc(Cl)ccc2C)ccc1OCc1ccc([N+](=O)[O-])cc1. The summed E-state index contributed by atoms with van der Waals surface area (Å²) in [6, 6.07) is 18.0. The second-order valence-electron chi connectivity index (χ2n) is 7.21. The topological polar surface area (TPSA) is 114 Å². The zero-order chi connectivity index (χ0) is 24.7. The first-order chi connectivity index (χ1) is 16.3. The Kier molecular flexibility index (Phi) is 7.85. The number of nitrogens with zero attached hydrogens (tertiary/aromatic N) is 2. The summed E-state index contributed by atoms with van der Waals surface area (Å²) in [4.78, 5) is 22.9. The number of non-ortho nitro benzene ring substituents is 1. The number of hydrogen-bond acceptors (Lipinski definition) is 6. The molecule has 0 aliphatic heterocycles. The van der Waals surface area contributed by atoms with Crippen LogP contribution in [0.25, 0.3) is 6.08 Å². The van der Waals surface area contributed by atoms with Crippen LogP contribution < -0.4 is 14.8 Å². The van der Waals surface area contributed by atoms with Crippen molar-refractivity contribution in [2.75, 3.05) is 12.4 Å². The summed E-state index contributed by atoms with van der Waals surface area (Å²) in [5, 5.41) is 23.4. The van der Waals surface area contributed by atoms with E-state index < -0.39 is 10.8 Å². The smallest absolute Gasteiger partial charge is 0.269 e. The summed E-state index contributed by atoms with van der Waals surface area (Å²) in [5.41, 5.74) is 2.55. The largest absolute Gasteiger partial charge is 0.493 e. The molecule has 0 fully saturated rings. The van der Waals surface area contributed by atoms with Crippen LogP contribution in [-0.2, 0) is 11.4 Å². The number of halogens is 1. The highest BCUT2D eigenvalue weighted by Crippen LogP contribution is 2.30. The first-order valence-corrected chi connectivity index (χ1v) is 10.4. The number of nitrogens with one attached hydrogen (secondary N) is 1. The molecule has 172 valence electrons. The predicted octanol–water partition coefficient (Wildman–Crippen LogP) is 5.69. The first kappa shape index (κ1) is 24.3. The monoisotopic (exact) mass is 477 g/mol. The maximum Gasteiger partial charge on any atom is 0.269 e. The molecule has 3 aromatic rings. The van der Waals surface area contributed by atoms with E-state index in [1.807, 2.05) is 13.0 Å². The molecule has 3 aromatic carbocycles. The molecule has 0 unspecified atom stereocenters. The average molecular weight is 478 g/mol. The number of rotatable bonds is 8. The van der Waals surface area contributed by atoms with E-state index in [1.165, 1.54) is 25.3 Å². The van der Waals surface area contributed by atoms with Gasteiger partial charge in [0, 0.05) is 22.8 Å². The molecule has 0 aliphatic rings. The minimum Gasteiger partial charge on any atom is -0.493 e. The Balaban J connectivity index is 1.75. The Morgan fingerprint density at radius 2 is 1.88 bits per heavy atom. The van der Waals surface area contributed by atoms with Gasteiger partial charge in [0.05, 0.1) is 12.0 Å². The van der Waals surface area contributed by atoms with E-state index in [0.717, 1.165) is 11.1 Å². The third kappa shape index (κ3) is 6.12. The van der Waals surface area contributed by atoms with Crippen LogP contribution >= 0.6 is 11.6 Å². The Labute approximate surface area is 201 Å². The van der Waals surface area contributed by atoms with Gasteiger partial charge in [-0.2, -0.15) is 5.26 Å². The molecule has 0 aliphatic carbocycles. The first-order valence-electron chi connectivity index (χ1n) is 10.0. The molecule has 0 saturated heterocycles. The molecule has 0 radical (unpaired) electrons. The number of anilines is 1. The zero-order valence-electron chi connectivity index (χ0n) is 18.4. The van der Waals surface area contributed by atoms with Crippen molar-refractivity contribution >= 4 is 35.0 Å².